The second-order valence-electron chi connectivity index (χ2n) is 11.5. The Morgan fingerprint density at radius 2 is 0.804 bits per heavy atom. The van der Waals surface area contributed by atoms with Crippen molar-refractivity contribution < 1.29 is 38.7 Å². The molecule has 0 aromatic heterocycles. The quantitative estimate of drug-likeness (QED) is 0.239. The fourth-order valence-electron chi connectivity index (χ4n) is 5.29. The molecule has 240 valence electrons. The van der Waals surface area contributed by atoms with Gasteiger partial charge in [-0.2, -0.15) is 0 Å². The fraction of sp³-hybridized carbons (Fsp3) is 0.316. The Kier molecular flexibility index (Phi) is 11.8. The van der Waals surface area contributed by atoms with Crippen LogP contribution >= 0.6 is 0 Å². The van der Waals surface area contributed by atoms with Crippen LogP contribution in [0.25, 0.3) is 0 Å². The van der Waals surface area contributed by atoms with Crippen LogP contribution in [0.1, 0.15) is 79.8 Å². The number of aromatic carboxylic acids is 2. The van der Waals surface area contributed by atoms with Crippen molar-refractivity contribution in [1.82, 2.24) is 0 Å². The molecule has 0 saturated heterocycles. The monoisotopic (exact) mass is 624 g/mol. The molecule has 8 nitrogen and oxygen atoms in total. The van der Waals surface area contributed by atoms with E-state index < -0.39 is 11.9 Å². The van der Waals surface area contributed by atoms with Crippen LogP contribution in [0.2, 0.25) is 0 Å². The van der Waals surface area contributed by atoms with E-state index in [0.717, 1.165) is 59.1 Å². The minimum Gasteiger partial charge on any atom is -0.493 e. The molecule has 0 unspecified atom stereocenters. The molecule has 9 heterocycles. The fourth-order valence-corrected chi connectivity index (χ4v) is 5.29. The lowest BCUT2D eigenvalue weighted by Crippen LogP contribution is -2.07. The van der Waals surface area contributed by atoms with Gasteiger partial charge in [0.25, 0.3) is 0 Å². The molecule has 8 bridgehead atoms. The molecule has 0 spiro atoms. The summed E-state index contributed by atoms with van der Waals surface area (Å²) in [4.78, 5) is 24.0. The van der Waals surface area contributed by atoms with Crippen molar-refractivity contribution in [1.29, 1.82) is 0 Å². The number of hydrogen-bond acceptors (Lipinski definition) is 6. The summed E-state index contributed by atoms with van der Waals surface area (Å²) >= 11 is 0. The van der Waals surface area contributed by atoms with Crippen LogP contribution in [0.4, 0.5) is 0 Å². The highest BCUT2D eigenvalue weighted by Crippen LogP contribution is 2.25. The maximum absolute atomic E-state index is 12.0. The van der Waals surface area contributed by atoms with Crippen molar-refractivity contribution in [3.05, 3.63) is 129 Å². The smallest absolute Gasteiger partial charge is 0.339 e. The molecule has 0 aliphatic carbocycles. The molecule has 0 radical (unpaired) electrons. The summed E-state index contributed by atoms with van der Waals surface area (Å²) in [6, 6.07) is 26.8. The third-order valence-electron chi connectivity index (χ3n) is 7.83. The van der Waals surface area contributed by atoms with Crippen LogP contribution < -0.4 is 9.47 Å². The van der Waals surface area contributed by atoms with E-state index in [1.807, 2.05) is 60.7 Å². The topological polar surface area (TPSA) is 112 Å². The number of benzene rings is 4. The first-order valence-electron chi connectivity index (χ1n) is 15.7. The Labute approximate surface area is 269 Å². The number of carboxylic acid groups (broad SMARTS) is 2. The van der Waals surface area contributed by atoms with Gasteiger partial charge in [-0.25, -0.2) is 9.59 Å². The first kappa shape index (κ1) is 32.7. The summed E-state index contributed by atoms with van der Waals surface area (Å²) in [7, 11) is 0. The Hall–Kier alpha value is -4.66. The minimum absolute atomic E-state index is 0.145. The lowest BCUT2D eigenvalue weighted by molar-refractivity contribution is 0.0680. The first-order valence-corrected chi connectivity index (χ1v) is 15.7. The van der Waals surface area contributed by atoms with Crippen LogP contribution in [0.3, 0.4) is 0 Å². The van der Waals surface area contributed by atoms with Crippen molar-refractivity contribution in [2.24, 2.45) is 0 Å². The normalized spacial score (nSPS) is 15.3. The first-order chi connectivity index (χ1) is 22.4. The Morgan fingerprint density at radius 1 is 0.457 bits per heavy atom. The highest BCUT2D eigenvalue weighted by Gasteiger charge is 2.15. The SMILES string of the molecule is O=C(O)c1cc2ccc1OCCCCOCc1ccc(cc1)COCCCCOc1ccc(cc1C(=O)O)Cc1ccc(cc1)C2. The summed E-state index contributed by atoms with van der Waals surface area (Å²) in [6.45, 7) is 3.02. The molecule has 9 aliphatic rings. The molecule has 8 heteroatoms. The van der Waals surface area contributed by atoms with E-state index in [1.54, 1.807) is 24.3 Å². The zero-order chi connectivity index (χ0) is 32.1. The molecule has 13 rings (SSSR count). The average molecular weight is 625 g/mol. The molecule has 0 saturated carbocycles. The molecule has 0 atom stereocenters. The highest BCUT2D eigenvalue weighted by atomic mass is 16.5. The van der Waals surface area contributed by atoms with E-state index in [0.29, 0.717) is 64.0 Å². The van der Waals surface area contributed by atoms with Gasteiger partial charge in [0, 0.05) is 13.2 Å². The van der Waals surface area contributed by atoms with E-state index >= 15 is 0 Å². The third kappa shape index (κ3) is 9.67. The zero-order valence-corrected chi connectivity index (χ0v) is 25.9. The highest BCUT2D eigenvalue weighted by molar-refractivity contribution is 5.91. The number of fused-ring (bicyclic) bond motifs is 1. The molecule has 9 aliphatic heterocycles. The Morgan fingerprint density at radius 3 is 1.20 bits per heavy atom. The number of carboxylic acids is 2. The molecule has 2 N–H and O–H groups in total. The van der Waals surface area contributed by atoms with Gasteiger partial charge >= 0.3 is 11.9 Å². The number of hydrogen-bond donors (Lipinski definition) is 2. The van der Waals surface area contributed by atoms with Gasteiger partial charge in [0.1, 0.15) is 22.6 Å². The van der Waals surface area contributed by atoms with E-state index in [2.05, 4.69) is 0 Å². The third-order valence-corrected chi connectivity index (χ3v) is 7.83. The Bertz CT molecular complexity index is 1480. The van der Waals surface area contributed by atoms with Gasteiger partial charge in [0.05, 0.1) is 26.4 Å². The van der Waals surface area contributed by atoms with Gasteiger partial charge in [-0.05, 0) is 96.2 Å². The summed E-state index contributed by atoms with van der Waals surface area (Å²) < 4.78 is 23.3. The van der Waals surface area contributed by atoms with Gasteiger partial charge in [-0.15, -0.1) is 0 Å². The van der Waals surface area contributed by atoms with E-state index in [9.17, 15) is 19.8 Å². The predicted octanol–water partition coefficient (Wildman–Crippen LogP) is 7.33. The van der Waals surface area contributed by atoms with Crippen LogP contribution in [0.5, 0.6) is 11.5 Å². The van der Waals surface area contributed by atoms with E-state index in [1.165, 1.54) is 0 Å². The van der Waals surface area contributed by atoms with Crippen LogP contribution in [-0.4, -0.2) is 48.6 Å². The van der Waals surface area contributed by atoms with E-state index in [-0.39, 0.29) is 11.1 Å². The lowest BCUT2D eigenvalue weighted by atomic mass is 9.98. The maximum atomic E-state index is 12.0. The zero-order valence-electron chi connectivity index (χ0n) is 25.9. The second-order valence-corrected chi connectivity index (χ2v) is 11.5. The van der Waals surface area contributed by atoms with Crippen LogP contribution in [-0.2, 0) is 35.5 Å². The number of rotatable bonds is 2. The van der Waals surface area contributed by atoms with Crippen molar-refractivity contribution in [3.8, 4) is 11.5 Å². The van der Waals surface area contributed by atoms with Gasteiger partial charge in [0.2, 0.25) is 0 Å². The van der Waals surface area contributed by atoms with Crippen molar-refractivity contribution in [2.45, 2.75) is 51.7 Å². The van der Waals surface area contributed by atoms with Gasteiger partial charge in [-0.1, -0.05) is 60.7 Å². The Balaban J connectivity index is 1.28. The predicted molar refractivity (Wildman–Crippen MR) is 174 cm³/mol. The summed E-state index contributed by atoms with van der Waals surface area (Å²) in [5.41, 5.74) is 6.28. The van der Waals surface area contributed by atoms with Crippen molar-refractivity contribution in [2.75, 3.05) is 26.4 Å². The molecule has 0 amide bonds. The van der Waals surface area contributed by atoms with Crippen molar-refractivity contribution in [3.63, 3.8) is 0 Å². The standard InChI is InChI=1S/C38H40O8/c39-37(40)33-23-31-13-15-35(33)45-19-3-1-17-43-25-29-9-11-30(12-10-29)26-44-18-2-4-20-46-36-16-14-32(24-34(36)38(41)42)22-28-7-5-27(21-31)6-8-28/h5-16,23-24H,1-4,17-22,25-26H2,(H,39,40)(H,41,42). The van der Waals surface area contributed by atoms with Gasteiger partial charge in [0.15, 0.2) is 0 Å². The maximum Gasteiger partial charge on any atom is 0.339 e. The minimum atomic E-state index is -1.03. The van der Waals surface area contributed by atoms with Gasteiger partial charge < -0.3 is 29.2 Å². The molecule has 46 heavy (non-hydrogen) atoms. The van der Waals surface area contributed by atoms with Crippen LogP contribution in [0.15, 0.2) is 84.9 Å². The average Bonchev–Trinajstić information content (AvgIpc) is 3.05. The molecule has 4 aromatic carbocycles. The lowest BCUT2D eigenvalue weighted by Gasteiger charge is -2.12. The van der Waals surface area contributed by atoms with Crippen LogP contribution in [0, 0.1) is 0 Å². The molecular formula is C38H40O8. The number of ether oxygens (including phenoxy) is 4. The molecule has 0 fully saturated rings. The summed E-state index contributed by atoms with van der Waals surface area (Å²) in [6.07, 6.45) is 4.25. The molecular weight excluding hydrogens is 584 g/mol. The summed E-state index contributed by atoms with van der Waals surface area (Å²) in [5.74, 6) is -1.33. The number of carbonyl (C=O) groups is 2. The van der Waals surface area contributed by atoms with Crippen molar-refractivity contribution >= 4 is 11.9 Å². The summed E-state index contributed by atoms with van der Waals surface area (Å²) in [5, 5.41) is 19.7. The largest absolute Gasteiger partial charge is 0.493 e. The second kappa shape index (κ2) is 16.6. The molecule has 4 aromatic rings. The van der Waals surface area contributed by atoms with E-state index in [4.69, 9.17) is 18.9 Å². The van der Waals surface area contributed by atoms with Gasteiger partial charge in [-0.3, -0.25) is 0 Å².